The molecule has 4 heteroatoms. The molecule has 0 spiro atoms. The average molecular weight is 296 g/mol. The van der Waals surface area contributed by atoms with Crippen LogP contribution < -0.4 is 5.32 Å². The number of amides is 1. The molecule has 2 fully saturated rings. The summed E-state index contributed by atoms with van der Waals surface area (Å²) in [4.78, 5) is 14.6. The monoisotopic (exact) mass is 296 g/mol. The first-order chi connectivity index (χ1) is 10.3. The molecule has 21 heavy (non-hydrogen) atoms. The van der Waals surface area contributed by atoms with E-state index in [0.717, 1.165) is 52.0 Å². The Bertz CT molecular complexity index is 297. The minimum atomic E-state index is 0.322. The van der Waals surface area contributed by atoms with Gasteiger partial charge in [0, 0.05) is 26.1 Å². The van der Waals surface area contributed by atoms with Crippen molar-refractivity contribution in [3.05, 3.63) is 0 Å². The van der Waals surface area contributed by atoms with Gasteiger partial charge in [-0.05, 0) is 64.0 Å². The predicted octanol–water partition coefficient (Wildman–Crippen LogP) is 2.57. The fraction of sp³-hybridized carbons (Fsp3) is 0.941. The van der Waals surface area contributed by atoms with Crippen LogP contribution in [-0.4, -0.2) is 49.7 Å². The summed E-state index contributed by atoms with van der Waals surface area (Å²) in [6.07, 6.45) is 9.00. The zero-order chi connectivity index (χ0) is 14.9. The lowest BCUT2D eigenvalue weighted by Crippen LogP contribution is -2.41. The third-order valence-electron chi connectivity index (χ3n) is 4.68. The van der Waals surface area contributed by atoms with Crippen LogP contribution in [0.15, 0.2) is 0 Å². The quantitative estimate of drug-likeness (QED) is 0.785. The number of nitrogens with one attached hydrogen (secondary N) is 1. The maximum Gasteiger partial charge on any atom is 0.222 e. The van der Waals surface area contributed by atoms with E-state index in [9.17, 15) is 4.79 Å². The van der Waals surface area contributed by atoms with Gasteiger partial charge in [0.25, 0.3) is 0 Å². The van der Waals surface area contributed by atoms with Crippen LogP contribution in [0.5, 0.6) is 0 Å². The fourth-order valence-electron chi connectivity index (χ4n) is 3.46. The van der Waals surface area contributed by atoms with Crippen LogP contribution >= 0.6 is 0 Å². The Balaban J connectivity index is 1.74. The zero-order valence-electron chi connectivity index (χ0n) is 13.6. The van der Waals surface area contributed by atoms with Gasteiger partial charge in [-0.2, -0.15) is 0 Å². The second kappa shape index (κ2) is 9.42. The fourth-order valence-corrected chi connectivity index (χ4v) is 3.46. The van der Waals surface area contributed by atoms with Gasteiger partial charge in [-0.1, -0.05) is 6.92 Å². The van der Waals surface area contributed by atoms with Crippen LogP contribution in [-0.2, 0) is 9.53 Å². The Morgan fingerprint density at radius 2 is 2.19 bits per heavy atom. The number of piperidine rings is 1. The van der Waals surface area contributed by atoms with Gasteiger partial charge in [0.15, 0.2) is 0 Å². The van der Waals surface area contributed by atoms with Gasteiger partial charge in [0.1, 0.15) is 0 Å². The van der Waals surface area contributed by atoms with E-state index in [1.54, 1.807) is 0 Å². The molecule has 0 aromatic rings. The summed E-state index contributed by atoms with van der Waals surface area (Å²) in [5, 5.41) is 3.45. The second-order valence-corrected chi connectivity index (χ2v) is 6.58. The summed E-state index contributed by atoms with van der Waals surface area (Å²) in [5.41, 5.74) is 0. The topological polar surface area (TPSA) is 41.6 Å². The van der Waals surface area contributed by atoms with Gasteiger partial charge in [0.2, 0.25) is 5.91 Å². The lowest BCUT2D eigenvalue weighted by atomic mass is 9.98. The predicted molar refractivity (Wildman–Crippen MR) is 85.3 cm³/mol. The molecule has 2 rings (SSSR count). The molecule has 1 N–H and O–H groups in total. The first-order valence-corrected chi connectivity index (χ1v) is 8.89. The van der Waals surface area contributed by atoms with E-state index < -0.39 is 0 Å². The van der Waals surface area contributed by atoms with Crippen molar-refractivity contribution in [3.8, 4) is 0 Å². The number of nitrogens with zero attached hydrogens (tertiary/aromatic N) is 1. The third-order valence-corrected chi connectivity index (χ3v) is 4.68. The standard InChI is InChI=1S/C17H32N2O2/c1-2-11-19(14-15-6-5-10-18-13-15)17(20)9-8-16-7-3-4-12-21-16/h15-16,18H,2-14H2,1H3. The molecule has 122 valence electrons. The van der Waals surface area contributed by atoms with Crippen molar-refractivity contribution in [2.45, 2.75) is 64.4 Å². The molecule has 1 amide bonds. The molecular formula is C17H32N2O2. The number of hydrogen-bond acceptors (Lipinski definition) is 3. The highest BCUT2D eigenvalue weighted by molar-refractivity contribution is 5.76. The largest absolute Gasteiger partial charge is 0.378 e. The molecule has 2 heterocycles. The van der Waals surface area contributed by atoms with E-state index in [-0.39, 0.29) is 0 Å². The van der Waals surface area contributed by atoms with Gasteiger partial charge >= 0.3 is 0 Å². The van der Waals surface area contributed by atoms with Crippen molar-refractivity contribution in [2.75, 3.05) is 32.8 Å². The Morgan fingerprint density at radius 1 is 1.29 bits per heavy atom. The van der Waals surface area contributed by atoms with Crippen LogP contribution in [0.1, 0.15) is 58.3 Å². The molecule has 0 aromatic heterocycles. The van der Waals surface area contributed by atoms with E-state index in [1.807, 2.05) is 0 Å². The minimum absolute atomic E-state index is 0.322. The van der Waals surface area contributed by atoms with Gasteiger partial charge in [-0.3, -0.25) is 4.79 Å². The molecule has 0 aliphatic carbocycles. The highest BCUT2D eigenvalue weighted by Gasteiger charge is 2.22. The summed E-state index contributed by atoms with van der Waals surface area (Å²) >= 11 is 0. The summed E-state index contributed by atoms with van der Waals surface area (Å²) < 4.78 is 5.74. The van der Waals surface area contributed by atoms with Crippen molar-refractivity contribution in [1.29, 1.82) is 0 Å². The number of hydrogen-bond donors (Lipinski definition) is 1. The van der Waals surface area contributed by atoms with Crippen molar-refractivity contribution < 1.29 is 9.53 Å². The van der Waals surface area contributed by atoms with Crippen LogP contribution in [0, 0.1) is 5.92 Å². The molecule has 4 nitrogen and oxygen atoms in total. The van der Waals surface area contributed by atoms with Crippen LogP contribution in [0.3, 0.4) is 0 Å². The van der Waals surface area contributed by atoms with Crippen LogP contribution in [0.25, 0.3) is 0 Å². The molecule has 2 aliphatic heterocycles. The molecule has 2 aliphatic rings. The Labute approximate surface area is 129 Å². The molecule has 0 aromatic carbocycles. The summed E-state index contributed by atoms with van der Waals surface area (Å²) in [6, 6.07) is 0. The highest BCUT2D eigenvalue weighted by atomic mass is 16.5. The van der Waals surface area contributed by atoms with Gasteiger partial charge in [0.05, 0.1) is 6.10 Å². The summed E-state index contributed by atoms with van der Waals surface area (Å²) in [6.45, 7) is 7.08. The lowest BCUT2D eigenvalue weighted by molar-refractivity contribution is -0.133. The molecule has 2 saturated heterocycles. The number of rotatable bonds is 7. The molecule has 2 atom stereocenters. The van der Waals surface area contributed by atoms with Gasteiger partial charge < -0.3 is 15.0 Å². The Hall–Kier alpha value is -0.610. The van der Waals surface area contributed by atoms with Crippen molar-refractivity contribution >= 4 is 5.91 Å². The number of ether oxygens (including phenoxy) is 1. The first-order valence-electron chi connectivity index (χ1n) is 8.89. The van der Waals surface area contributed by atoms with Crippen molar-refractivity contribution in [3.63, 3.8) is 0 Å². The number of carbonyl (C=O) groups excluding carboxylic acids is 1. The molecule has 2 unspecified atom stereocenters. The average Bonchev–Trinajstić information content (AvgIpc) is 2.54. The van der Waals surface area contributed by atoms with E-state index in [1.165, 1.54) is 25.7 Å². The summed E-state index contributed by atoms with van der Waals surface area (Å²) in [7, 11) is 0. The Morgan fingerprint density at radius 3 is 2.86 bits per heavy atom. The van der Waals surface area contributed by atoms with Gasteiger partial charge in [-0.15, -0.1) is 0 Å². The lowest BCUT2D eigenvalue weighted by Gasteiger charge is -2.31. The molecular weight excluding hydrogens is 264 g/mol. The zero-order valence-corrected chi connectivity index (χ0v) is 13.6. The Kier molecular flexibility index (Phi) is 7.51. The van der Waals surface area contributed by atoms with E-state index in [2.05, 4.69) is 17.1 Å². The van der Waals surface area contributed by atoms with E-state index in [4.69, 9.17) is 4.74 Å². The van der Waals surface area contributed by atoms with Crippen molar-refractivity contribution in [2.24, 2.45) is 5.92 Å². The van der Waals surface area contributed by atoms with Crippen molar-refractivity contribution in [1.82, 2.24) is 10.2 Å². The first kappa shape index (κ1) is 16.8. The van der Waals surface area contributed by atoms with Crippen LogP contribution in [0.2, 0.25) is 0 Å². The smallest absolute Gasteiger partial charge is 0.222 e. The molecule has 0 saturated carbocycles. The maximum atomic E-state index is 12.5. The maximum absolute atomic E-state index is 12.5. The third kappa shape index (κ3) is 5.95. The van der Waals surface area contributed by atoms with E-state index in [0.29, 0.717) is 24.3 Å². The normalized spacial score (nSPS) is 26.5. The SMILES string of the molecule is CCCN(CC1CCCNC1)C(=O)CCC1CCCCO1. The summed E-state index contributed by atoms with van der Waals surface area (Å²) in [5.74, 6) is 0.969. The minimum Gasteiger partial charge on any atom is -0.378 e. The highest BCUT2D eigenvalue weighted by Crippen LogP contribution is 2.18. The van der Waals surface area contributed by atoms with E-state index >= 15 is 0 Å². The van der Waals surface area contributed by atoms with Crippen LogP contribution in [0.4, 0.5) is 0 Å². The number of carbonyl (C=O) groups is 1. The van der Waals surface area contributed by atoms with Gasteiger partial charge in [-0.25, -0.2) is 0 Å². The second-order valence-electron chi connectivity index (χ2n) is 6.58. The molecule has 0 radical (unpaired) electrons. The molecule has 0 bridgehead atoms.